The van der Waals surface area contributed by atoms with Gasteiger partial charge in [0.05, 0.1) is 6.10 Å². The van der Waals surface area contributed by atoms with Crippen molar-refractivity contribution in [1.82, 2.24) is 10.6 Å². The number of amides is 2. The van der Waals surface area contributed by atoms with Crippen LogP contribution in [0.1, 0.15) is 40.0 Å². The van der Waals surface area contributed by atoms with Crippen molar-refractivity contribution in [2.75, 3.05) is 7.11 Å². The van der Waals surface area contributed by atoms with Gasteiger partial charge in [-0.05, 0) is 24.7 Å². The number of carbonyl (C=O) groups excluding carboxylic acids is 1. The zero-order chi connectivity index (χ0) is 14.6. The Hall–Kier alpha value is -1.30. The van der Waals surface area contributed by atoms with Gasteiger partial charge in [0.25, 0.3) is 0 Å². The van der Waals surface area contributed by atoms with Crippen LogP contribution in [-0.4, -0.2) is 42.4 Å². The molecular formula is C13H24N2O4. The van der Waals surface area contributed by atoms with Crippen LogP contribution in [0.5, 0.6) is 0 Å². The summed E-state index contributed by atoms with van der Waals surface area (Å²) in [5.41, 5.74) is -0.534. The van der Waals surface area contributed by atoms with Gasteiger partial charge in [-0.15, -0.1) is 0 Å². The molecule has 0 aromatic carbocycles. The van der Waals surface area contributed by atoms with Crippen molar-refractivity contribution in [2.45, 2.75) is 58.2 Å². The lowest BCUT2D eigenvalue weighted by molar-refractivity contribution is -0.141. The van der Waals surface area contributed by atoms with Crippen LogP contribution in [-0.2, 0) is 9.53 Å². The van der Waals surface area contributed by atoms with Crippen LogP contribution in [0.25, 0.3) is 0 Å². The van der Waals surface area contributed by atoms with Crippen molar-refractivity contribution in [3.63, 3.8) is 0 Å². The standard InChI is InChI=1S/C13H24N2O4/c1-13(2,3)10(11(16)17)15-12(18)14-8-5-6-9(7-8)19-4/h8-10H,5-7H2,1-4H3,(H,16,17)(H2,14,15,18)/t8?,9?,10-/m1/s1. The molecule has 0 bridgehead atoms. The second kappa shape index (κ2) is 6.23. The Bertz CT molecular complexity index is 338. The Balaban J connectivity index is 2.48. The third kappa shape index (κ3) is 4.70. The molecule has 0 aromatic rings. The van der Waals surface area contributed by atoms with Gasteiger partial charge in [-0.3, -0.25) is 0 Å². The maximum Gasteiger partial charge on any atom is 0.326 e. The Labute approximate surface area is 113 Å². The average Bonchev–Trinajstić information content (AvgIpc) is 2.71. The first-order valence-electron chi connectivity index (χ1n) is 6.56. The lowest BCUT2D eigenvalue weighted by Crippen LogP contribution is -2.53. The van der Waals surface area contributed by atoms with Gasteiger partial charge in [0.1, 0.15) is 6.04 Å². The minimum absolute atomic E-state index is 0.0550. The Morgan fingerprint density at radius 1 is 1.32 bits per heavy atom. The van der Waals surface area contributed by atoms with E-state index >= 15 is 0 Å². The molecule has 0 saturated heterocycles. The van der Waals surface area contributed by atoms with Gasteiger partial charge in [0, 0.05) is 13.2 Å². The summed E-state index contributed by atoms with van der Waals surface area (Å²) < 4.78 is 5.23. The zero-order valence-corrected chi connectivity index (χ0v) is 12.0. The van der Waals surface area contributed by atoms with Crippen LogP contribution in [0.15, 0.2) is 0 Å². The van der Waals surface area contributed by atoms with Crippen LogP contribution in [0.4, 0.5) is 4.79 Å². The van der Waals surface area contributed by atoms with Crippen LogP contribution >= 0.6 is 0 Å². The van der Waals surface area contributed by atoms with Crippen LogP contribution in [0, 0.1) is 5.41 Å². The molecule has 2 amide bonds. The molecule has 0 spiro atoms. The van der Waals surface area contributed by atoms with Gasteiger partial charge in [-0.2, -0.15) is 0 Å². The molecule has 0 aliphatic heterocycles. The smallest absolute Gasteiger partial charge is 0.326 e. The van der Waals surface area contributed by atoms with Gasteiger partial charge in [0.15, 0.2) is 0 Å². The Morgan fingerprint density at radius 3 is 2.37 bits per heavy atom. The first-order chi connectivity index (χ1) is 8.74. The highest BCUT2D eigenvalue weighted by atomic mass is 16.5. The fourth-order valence-corrected chi connectivity index (χ4v) is 2.29. The predicted molar refractivity (Wildman–Crippen MR) is 71.0 cm³/mol. The van der Waals surface area contributed by atoms with E-state index in [-0.39, 0.29) is 12.1 Å². The molecule has 0 aromatic heterocycles. The summed E-state index contributed by atoms with van der Waals surface area (Å²) in [5.74, 6) is -1.02. The quantitative estimate of drug-likeness (QED) is 0.721. The van der Waals surface area contributed by atoms with Crippen molar-refractivity contribution < 1.29 is 19.4 Å². The van der Waals surface area contributed by atoms with Gasteiger partial charge in [-0.1, -0.05) is 20.8 Å². The molecule has 1 fully saturated rings. The second-order valence-electron chi connectivity index (χ2n) is 6.12. The fourth-order valence-electron chi connectivity index (χ4n) is 2.29. The molecule has 3 atom stereocenters. The molecule has 19 heavy (non-hydrogen) atoms. The normalized spacial score (nSPS) is 24.8. The Morgan fingerprint density at radius 2 is 1.95 bits per heavy atom. The molecule has 1 rings (SSSR count). The van der Waals surface area contributed by atoms with E-state index in [0.29, 0.717) is 0 Å². The summed E-state index contributed by atoms with van der Waals surface area (Å²) in [5, 5.41) is 14.5. The molecule has 6 nitrogen and oxygen atoms in total. The highest BCUT2D eigenvalue weighted by molar-refractivity contribution is 5.83. The topological polar surface area (TPSA) is 87.7 Å². The molecule has 1 aliphatic rings. The number of hydrogen-bond donors (Lipinski definition) is 3. The number of carboxylic acids is 1. The van der Waals surface area contributed by atoms with E-state index in [9.17, 15) is 9.59 Å². The van der Waals surface area contributed by atoms with Crippen molar-refractivity contribution in [2.24, 2.45) is 5.41 Å². The highest BCUT2D eigenvalue weighted by Crippen LogP contribution is 2.22. The first kappa shape index (κ1) is 15.8. The van der Waals surface area contributed by atoms with E-state index in [0.717, 1.165) is 19.3 Å². The molecule has 1 aliphatic carbocycles. The highest BCUT2D eigenvalue weighted by Gasteiger charge is 2.33. The largest absolute Gasteiger partial charge is 0.480 e. The molecule has 110 valence electrons. The van der Waals surface area contributed by atoms with Crippen molar-refractivity contribution in [3.05, 3.63) is 0 Å². The molecule has 0 radical (unpaired) electrons. The number of urea groups is 1. The maximum atomic E-state index is 11.8. The minimum Gasteiger partial charge on any atom is -0.480 e. The molecule has 3 N–H and O–H groups in total. The summed E-state index contributed by atoms with van der Waals surface area (Å²) in [6, 6.07) is -1.28. The predicted octanol–water partition coefficient (Wildman–Crippen LogP) is 1.35. The zero-order valence-electron chi connectivity index (χ0n) is 12.0. The summed E-state index contributed by atoms with van der Waals surface area (Å²) >= 11 is 0. The summed E-state index contributed by atoms with van der Waals surface area (Å²) in [4.78, 5) is 23.0. The van der Waals surface area contributed by atoms with Gasteiger partial charge in [0.2, 0.25) is 0 Å². The second-order valence-corrected chi connectivity index (χ2v) is 6.12. The van der Waals surface area contributed by atoms with Crippen molar-refractivity contribution in [1.29, 1.82) is 0 Å². The number of aliphatic carboxylic acids is 1. The first-order valence-corrected chi connectivity index (χ1v) is 6.56. The summed E-state index contributed by atoms with van der Waals surface area (Å²) in [7, 11) is 1.66. The van der Waals surface area contributed by atoms with Gasteiger partial charge >= 0.3 is 12.0 Å². The number of carboxylic acid groups (broad SMARTS) is 1. The number of ether oxygens (including phenoxy) is 1. The van der Waals surface area contributed by atoms with E-state index in [1.54, 1.807) is 27.9 Å². The molecule has 0 heterocycles. The lowest BCUT2D eigenvalue weighted by Gasteiger charge is -2.28. The van der Waals surface area contributed by atoms with E-state index < -0.39 is 23.5 Å². The van der Waals surface area contributed by atoms with Crippen molar-refractivity contribution in [3.8, 4) is 0 Å². The lowest BCUT2D eigenvalue weighted by atomic mass is 9.87. The maximum absolute atomic E-state index is 11.8. The van der Waals surface area contributed by atoms with E-state index in [1.165, 1.54) is 0 Å². The number of rotatable bonds is 4. The van der Waals surface area contributed by atoms with Crippen LogP contribution in [0.3, 0.4) is 0 Å². The third-order valence-electron chi connectivity index (χ3n) is 3.44. The van der Waals surface area contributed by atoms with Gasteiger partial charge < -0.3 is 20.5 Å². The van der Waals surface area contributed by atoms with Crippen LogP contribution in [0.2, 0.25) is 0 Å². The molecular weight excluding hydrogens is 248 g/mol. The fraction of sp³-hybridized carbons (Fsp3) is 0.846. The number of methoxy groups -OCH3 is 1. The van der Waals surface area contributed by atoms with E-state index in [2.05, 4.69) is 10.6 Å². The summed E-state index contributed by atoms with van der Waals surface area (Å²) in [6.07, 6.45) is 2.74. The monoisotopic (exact) mass is 272 g/mol. The Kier molecular flexibility index (Phi) is 5.17. The van der Waals surface area contributed by atoms with Crippen molar-refractivity contribution >= 4 is 12.0 Å². The minimum atomic E-state index is -1.02. The van der Waals surface area contributed by atoms with Crippen LogP contribution < -0.4 is 10.6 Å². The molecule has 1 saturated carbocycles. The summed E-state index contributed by atoms with van der Waals surface area (Å²) in [6.45, 7) is 5.34. The SMILES string of the molecule is COC1CCC(NC(=O)N[C@H](C(=O)O)C(C)(C)C)C1. The number of carbonyl (C=O) groups is 2. The number of nitrogens with one attached hydrogen (secondary N) is 2. The number of hydrogen-bond acceptors (Lipinski definition) is 3. The molecule has 2 unspecified atom stereocenters. The third-order valence-corrected chi connectivity index (χ3v) is 3.44. The molecule has 6 heteroatoms. The van der Waals surface area contributed by atoms with Gasteiger partial charge in [-0.25, -0.2) is 9.59 Å². The average molecular weight is 272 g/mol. The van der Waals surface area contributed by atoms with E-state index in [1.807, 2.05) is 0 Å². The van der Waals surface area contributed by atoms with E-state index in [4.69, 9.17) is 9.84 Å².